The molecule has 0 spiro atoms. The number of benzene rings is 2. The second kappa shape index (κ2) is 2.82. The second-order valence-electron chi connectivity index (χ2n) is 4.06. The van der Waals surface area contributed by atoms with E-state index >= 15 is 0 Å². The van der Waals surface area contributed by atoms with Gasteiger partial charge in [0.1, 0.15) is 0 Å². The van der Waals surface area contributed by atoms with Gasteiger partial charge < -0.3 is 0 Å². The van der Waals surface area contributed by atoms with Crippen molar-refractivity contribution in [2.45, 2.75) is 6.04 Å². The van der Waals surface area contributed by atoms with Gasteiger partial charge in [0.05, 0.1) is 0 Å². The van der Waals surface area contributed by atoms with Crippen LogP contribution >= 0.6 is 0 Å². The van der Waals surface area contributed by atoms with E-state index in [-0.39, 0.29) is 0 Å². The van der Waals surface area contributed by atoms with Crippen LogP contribution in [0.2, 0.25) is 0 Å². The highest BCUT2D eigenvalue weighted by atomic mass is 15.3. The molecular weight excluding hydrogens is 170 g/mol. The quantitative estimate of drug-likeness (QED) is 0.614. The zero-order valence-electron chi connectivity index (χ0n) is 8.27. The maximum absolute atomic E-state index is 2.35. The van der Waals surface area contributed by atoms with Crippen molar-refractivity contribution in [2.75, 3.05) is 13.6 Å². The molecule has 1 heteroatoms. The van der Waals surface area contributed by atoms with Crippen LogP contribution in [0.3, 0.4) is 0 Å². The van der Waals surface area contributed by atoms with Crippen molar-refractivity contribution in [1.29, 1.82) is 0 Å². The van der Waals surface area contributed by atoms with Crippen molar-refractivity contribution < 1.29 is 0 Å². The predicted molar refractivity (Wildman–Crippen MR) is 59.3 cm³/mol. The molecule has 1 aliphatic rings. The van der Waals surface area contributed by atoms with Gasteiger partial charge in [-0.05, 0) is 29.4 Å². The normalized spacial score (nSPS) is 25.2. The van der Waals surface area contributed by atoms with Crippen LogP contribution < -0.4 is 0 Å². The summed E-state index contributed by atoms with van der Waals surface area (Å²) >= 11 is 0. The lowest BCUT2D eigenvalue weighted by Crippen LogP contribution is -1.87. The van der Waals surface area contributed by atoms with E-state index in [9.17, 15) is 0 Å². The molecule has 14 heavy (non-hydrogen) atoms. The lowest BCUT2D eigenvalue weighted by Gasteiger charge is -2.01. The van der Waals surface area contributed by atoms with Crippen LogP contribution in [0.1, 0.15) is 11.6 Å². The van der Waals surface area contributed by atoms with E-state index < -0.39 is 0 Å². The molecule has 2 atom stereocenters. The van der Waals surface area contributed by atoms with Crippen LogP contribution in [0.25, 0.3) is 10.8 Å². The Balaban J connectivity index is 2.11. The Morgan fingerprint density at radius 2 is 1.79 bits per heavy atom. The lowest BCUT2D eigenvalue weighted by molar-refractivity contribution is 0.631. The molecule has 3 rings (SSSR count). The van der Waals surface area contributed by atoms with E-state index in [0.717, 1.165) is 0 Å². The van der Waals surface area contributed by atoms with Crippen molar-refractivity contribution in [3.63, 3.8) is 0 Å². The number of likely N-dealkylation sites (N-methyl/N-ethyl adjacent to an activating group) is 1. The summed E-state index contributed by atoms with van der Waals surface area (Å²) in [6, 6.07) is 16.0. The van der Waals surface area contributed by atoms with E-state index in [4.69, 9.17) is 0 Å². The first-order valence-corrected chi connectivity index (χ1v) is 5.03. The molecule has 0 bridgehead atoms. The van der Waals surface area contributed by atoms with Gasteiger partial charge in [0, 0.05) is 12.6 Å². The number of fused-ring (bicyclic) bond motifs is 1. The van der Waals surface area contributed by atoms with Gasteiger partial charge in [0.25, 0.3) is 0 Å². The summed E-state index contributed by atoms with van der Waals surface area (Å²) in [6.07, 6.45) is 0. The average Bonchev–Trinajstić information content (AvgIpc) is 2.95. The van der Waals surface area contributed by atoms with Crippen LogP contribution in [0, 0.1) is 0 Å². The maximum Gasteiger partial charge on any atom is 0.0473 e. The highest BCUT2D eigenvalue weighted by molar-refractivity contribution is 5.83. The highest BCUT2D eigenvalue weighted by Crippen LogP contribution is 2.33. The van der Waals surface area contributed by atoms with Gasteiger partial charge in [-0.1, -0.05) is 36.4 Å². The van der Waals surface area contributed by atoms with E-state index in [2.05, 4.69) is 54.4 Å². The Hall–Kier alpha value is -1.34. The minimum absolute atomic E-state index is 0.666. The van der Waals surface area contributed by atoms with Crippen LogP contribution in [0.4, 0.5) is 0 Å². The summed E-state index contributed by atoms with van der Waals surface area (Å²) in [5, 5.41) is 2.69. The SMILES string of the molecule is CN1CC1c1ccc2ccccc2c1. The van der Waals surface area contributed by atoms with Crippen molar-refractivity contribution in [1.82, 2.24) is 4.90 Å². The average molecular weight is 183 g/mol. The van der Waals surface area contributed by atoms with Gasteiger partial charge in [-0.2, -0.15) is 0 Å². The van der Waals surface area contributed by atoms with Crippen LogP contribution in [0.15, 0.2) is 42.5 Å². The van der Waals surface area contributed by atoms with E-state index in [1.807, 2.05) is 0 Å². The monoisotopic (exact) mass is 183 g/mol. The van der Waals surface area contributed by atoms with Gasteiger partial charge in [-0.15, -0.1) is 0 Å². The molecular formula is C13H13N. The third kappa shape index (κ3) is 1.21. The third-order valence-corrected chi connectivity index (χ3v) is 3.02. The van der Waals surface area contributed by atoms with Gasteiger partial charge >= 0.3 is 0 Å². The Labute approximate surface area is 84.0 Å². The van der Waals surface area contributed by atoms with Crippen molar-refractivity contribution in [3.8, 4) is 0 Å². The first kappa shape index (κ1) is 8.01. The second-order valence-corrected chi connectivity index (χ2v) is 4.06. The first-order chi connectivity index (χ1) is 6.84. The molecule has 2 aromatic carbocycles. The predicted octanol–water partition coefficient (Wildman–Crippen LogP) is 2.83. The number of hydrogen-bond donors (Lipinski definition) is 0. The zero-order chi connectivity index (χ0) is 9.54. The van der Waals surface area contributed by atoms with Gasteiger partial charge in [-0.3, -0.25) is 4.90 Å². The van der Waals surface area contributed by atoms with Gasteiger partial charge in [0.15, 0.2) is 0 Å². The molecule has 2 unspecified atom stereocenters. The highest BCUT2D eigenvalue weighted by Gasteiger charge is 2.30. The maximum atomic E-state index is 2.35. The summed E-state index contributed by atoms with van der Waals surface area (Å²) in [4.78, 5) is 2.35. The largest absolute Gasteiger partial charge is 0.296 e. The number of nitrogens with zero attached hydrogens (tertiary/aromatic N) is 1. The number of rotatable bonds is 1. The van der Waals surface area contributed by atoms with Crippen molar-refractivity contribution in [3.05, 3.63) is 48.0 Å². The molecule has 70 valence electrons. The van der Waals surface area contributed by atoms with Crippen molar-refractivity contribution >= 4 is 10.8 Å². The smallest absolute Gasteiger partial charge is 0.0473 e. The zero-order valence-corrected chi connectivity index (χ0v) is 8.27. The fourth-order valence-corrected chi connectivity index (χ4v) is 2.00. The fraction of sp³-hybridized carbons (Fsp3) is 0.231. The Morgan fingerprint density at radius 1 is 1.07 bits per heavy atom. The molecule has 0 N–H and O–H groups in total. The van der Waals surface area contributed by atoms with Gasteiger partial charge in [0.2, 0.25) is 0 Å². The molecule has 1 fully saturated rings. The minimum Gasteiger partial charge on any atom is -0.296 e. The molecule has 0 aliphatic carbocycles. The molecule has 2 aromatic rings. The molecule has 1 aliphatic heterocycles. The molecule has 1 nitrogen and oxygen atoms in total. The van der Waals surface area contributed by atoms with Crippen LogP contribution in [-0.4, -0.2) is 18.5 Å². The van der Waals surface area contributed by atoms with E-state index in [1.165, 1.54) is 22.9 Å². The number of hydrogen-bond acceptors (Lipinski definition) is 1. The van der Waals surface area contributed by atoms with E-state index in [0.29, 0.717) is 6.04 Å². The summed E-state index contributed by atoms with van der Waals surface area (Å²) < 4.78 is 0. The van der Waals surface area contributed by atoms with E-state index in [1.54, 1.807) is 0 Å². The Bertz CT molecular complexity index is 475. The minimum atomic E-state index is 0.666. The van der Waals surface area contributed by atoms with Gasteiger partial charge in [-0.25, -0.2) is 0 Å². The molecule has 1 heterocycles. The summed E-state index contributed by atoms with van der Waals surface area (Å²) in [6.45, 7) is 1.21. The van der Waals surface area contributed by atoms with Crippen molar-refractivity contribution in [2.24, 2.45) is 0 Å². The van der Waals surface area contributed by atoms with Crippen LogP contribution in [-0.2, 0) is 0 Å². The standard InChI is InChI=1S/C13H13N/c1-14-9-13(14)12-7-6-10-4-2-3-5-11(10)8-12/h2-8,13H,9H2,1H3. The molecule has 0 saturated carbocycles. The Kier molecular flexibility index (Phi) is 1.62. The third-order valence-electron chi connectivity index (χ3n) is 3.02. The molecule has 1 saturated heterocycles. The molecule has 0 radical (unpaired) electrons. The fourth-order valence-electron chi connectivity index (χ4n) is 2.00. The molecule has 0 aromatic heterocycles. The summed E-state index contributed by atoms with van der Waals surface area (Å²) in [5.41, 5.74) is 1.45. The first-order valence-electron chi connectivity index (χ1n) is 5.03. The van der Waals surface area contributed by atoms with Crippen LogP contribution in [0.5, 0.6) is 0 Å². The summed E-state index contributed by atoms with van der Waals surface area (Å²) in [5.74, 6) is 0. The lowest BCUT2D eigenvalue weighted by atomic mass is 10.1. The Morgan fingerprint density at radius 3 is 2.50 bits per heavy atom. The molecule has 0 amide bonds. The summed E-state index contributed by atoms with van der Waals surface area (Å²) in [7, 11) is 2.17. The topological polar surface area (TPSA) is 3.01 Å².